The Hall–Kier alpha value is -2.83. The van der Waals surface area contributed by atoms with Crippen molar-refractivity contribution in [2.45, 2.75) is 33.0 Å². The van der Waals surface area contributed by atoms with Crippen molar-refractivity contribution in [3.8, 4) is 11.5 Å². The number of ether oxygens (including phenoxy) is 2. The summed E-state index contributed by atoms with van der Waals surface area (Å²) in [5, 5.41) is 6.52. The van der Waals surface area contributed by atoms with Crippen LogP contribution in [0.3, 0.4) is 0 Å². The Balaban J connectivity index is 2.11. The monoisotopic (exact) mass is 377 g/mol. The van der Waals surface area contributed by atoms with Crippen LogP contribution in [0.4, 0.5) is 8.78 Å². The molecule has 0 aliphatic heterocycles. The van der Waals surface area contributed by atoms with E-state index in [9.17, 15) is 8.78 Å². The van der Waals surface area contributed by atoms with Gasteiger partial charge in [-0.25, -0.2) is 4.99 Å². The van der Waals surface area contributed by atoms with Crippen LogP contribution in [0.25, 0.3) is 0 Å². The molecule has 0 heterocycles. The molecule has 2 aromatic carbocycles. The Kier molecular flexibility index (Phi) is 7.85. The summed E-state index contributed by atoms with van der Waals surface area (Å²) >= 11 is 0. The number of hydrogen-bond acceptors (Lipinski definition) is 3. The zero-order chi connectivity index (χ0) is 19.6. The minimum absolute atomic E-state index is 0.00388. The molecule has 2 N–H and O–H groups in total. The van der Waals surface area contributed by atoms with Gasteiger partial charge in [-0.15, -0.1) is 0 Å². The third-order valence-corrected chi connectivity index (χ3v) is 3.86. The molecule has 0 aromatic heterocycles. The van der Waals surface area contributed by atoms with Crippen molar-refractivity contribution in [1.82, 2.24) is 10.6 Å². The van der Waals surface area contributed by atoms with Crippen LogP contribution in [-0.4, -0.2) is 26.2 Å². The van der Waals surface area contributed by atoms with Crippen LogP contribution < -0.4 is 20.1 Å². The molecule has 0 aliphatic rings. The van der Waals surface area contributed by atoms with Crippen molar-refractivity contribution < 1.29 is 18.3 Å². The number of nitrogens with one attached hydrogen (secondary N) is 2. The second-order valence-corrected chi connectivity index (χ2v) is 5.84. The van der Waals surface area contributed by atoms with E-state index in [2.05, 4.69) is 20.4 Å². The Labute approximate surface area is 158 Å². The highest BCUT2D eigenvalue weighted by Crippen LogP contribution is 2.29. The molecule has 0 bridgehead atoms. The fourth-order valence-corrected chi connectivity index (χ4v) is 2.53. The van der Waals surface area contributed by atoms with Crippen LogP contribution in [0, 0.1) is 0 Å². The van der Waals surface area contributed by atoms with E-state index < -0.39 is 6.61 Å². The lowest BCUT2D eigenvalue weighted by Crippen LogP contribution is -2.38. The fraction of sp³-hybridized carbons (Fsp3) is 0.350. The molecule has 0 saturated carbocycles. The standard InChI is InChI=1S/C20H25F2N3O2/c1-4-23-20(25-14(2)16-8-6-5-7-9-16)24-13-15-10-11-17(26-3)18(12-15)27-19(21)22/h5-12,14,19H,4,13H2,1-3H3,(H2,23,24,25). The van der Waals surface area contributed by atoms with Gasteiger partial charge in [0.05, 0.1) is 19.7 Å². The topological polar surface area (TPSA) is 54.9 Å². The van der Waals surface area contributed by atoms with Crippen molar-refractivity contribution in [1.29, 1.82) is 0 Å². The molecule has 0 aliphatic carbocycles. The van der Waals surface area contributed by atoms with E-state index in [1.807, 2.05) is 44.2 Å². The Morgan fingerprint density at radius 1 is 1.11 bits per heavy atom. The highest BCUT2D eigenvalue weighted by atomic mass is 19.3. The summed E-state index contributed by atoms with van der Waals surface area (Å²) in [5.41, 5.74) is 1.87. The highest BCUT2D eigenvalue weighted by molar-refractivity contribution is 5.80. The lowest BCUT2D eigenvalue weighted by Gasteiger charge is -2.18. The number of nitrogens with zero attached hydrogens (tertiary/aromatic N) is 1. The average Bonchev–Trinajstić information content (AvgIpc) is 2.66. The van der Waals surface area contributed by atoms with Crippen molar-refractivity contribution in [2.75, 3.05) is 13.7 Å². The van der Waals surface area contributed by atoms with E-state index in [1.54, 1.807) is 12.1 Å². The van der Waals surface area contributed by atoms with E-state index in [-0.39, 0.29) is 17.5 Å². The van der Waals surface area contributed by atoms with Crippen molar-refractivity contribution in [3.63, 3.8) is 0 Å². The number of halogens is 2. The Morgan fingerprint density at radius 2 is 1.85 bits per heavy atom. The first kappa shape index (κ1) is 20.5. The molecule has 1 atom stereocenters. The summed E-state index contributed by atoms with van der Waals surface area (Å²) in [5.74, 6) is 0.891. The number of benzene rings is 2. The van der Waals surface area contributed by atoms with E-state index in [0.29, 0.717) is 19.0 Å². The second kappa shape index (κ2) is 10.4. The summed E-state index contributed by atoms with van der Waals surface area (Å²) in [6.45, 7) is 2.12. The van der Waals surface area contributed by atoms with Gasteiger partial charge in [0.1, 0.15) is 0 Å². The summed E-state index contributed by atoms with van der Waals surface area (Å²) < 4.78 is 34.7. The van der Waals surface area contributed by atoms with Gasteiger partial charge in [-0.05, 0) is 37.1 Å². The molecule has 7 heteroatoms. The van der Waals surface area contributed by atoms with E-state index in [1.165, 1.54) is 13.2 Å². The predicted molar refractivity (Wildman–Crippen MR) is 102 cm³/mol. The normalized spacial score (nSPS) is 12.6. The number of hydrogen-bond donors (Lipinski definition) is 2. The number of guanidine groups is 1. The number of methoxy groups -OCH3 is 1. The van der Waals surface area contributed by atoms with Crippen LogP contribution >= 0.6 is 0 Å². The Bertz CT molecular complexity index is 739. The van der Waals surface area contributed by atoms with Crippen LogP contribution in [0.15, 0.2) is 53.5 Å². The molecule has 146 valence electrons. The van der Waals surface area contributed by atoms with Gasteiger partial charge in [0.25, 0.3) is 0 Å². The summed E-state index contributed by atoms with van der Waals surface area (Å²) in [6, 6.07) is 15.0. The van der Waals surface area contributed by atoms with Gasteiger partial charge >= 0.3 is 6.61 Å². The van der Waals surface area contributed by atoms with E-state index in [4.69, 9.17) is 4.74 Å². The quantitative estimate of drug-likeness (QED) is 0.537. The van der Waals surface area contributed by atoms with Gasteiger partial charge in [0.2, 0.25) is 0 Å². The van der Waals surface area contributed by atoms with Crippen LogP contribution in [0.5, 0.6) is 11.5 Å². The predicted octanol–water partition coefficient (Wildman–Crippen LogP) is 4.11. The summed E-state index contributed by atoms with van der Waals surface area (Å²) in [6.07, 6.45) is 0. The summed E-state index contributed by atoms with van der Waals surface area (Å²) in [4.78, 5) is 4.54. The van der Waals surface area contributed by atoms with Gasteiger partial charge < -0.3 is 20.1 Å². The van der Waals surface area contributed by atoms with Crippen molar-refractivity contribution in [3.05, 3.63) is 59.7 Å². The second-order valence-electron chi connectivity index (χ2n) is 5.84. The minimum Gasteiger partial charge on any atom is -0.493 e. The first-order valence-corrected chi connectivity index (χ1v) is 8.75. The molecular weight excluding hydrogens is 352 g/mol. The first-order valence-electron chi connectivity index (χ1n) is 8.75. The third-order valence-electron chi connectivity index (χ3n) is 3.86. The molecule has 27 heavy (non-hydrogen) atoms. The van der Waals surface area contributed by atoms with E-state index in [0.717, 1.165) is 11.1 Å². The number of aliphatic imine (C=N–C) groups is 1. The van der Waals surface area contributed by atoms with Crippen LogP contribution in [0.1, 0.15) is 31.0 Å². The molecule has 0 radical (unpaired) electrons. The van der Waals surface area contributed by atoms with E-state index >= 15 is 0 Å². The molecule has 0 amide bonds. The molecule has 0 fully saturated rings. The lowest BCUT2D eigenvalue weighted by molar-refractivity contribution is -0.0512. The maximum atomic E-state index is 12.6. The molecule has 2 rings (SSSR count). The zero-order valence-corrected chi connectivity index (χ0v) is 15.7. The zero-order valence-electron chi connectivity index (χ0n) is 15.7. The number of alkyl halides is 2. The first-order chi connectivity index (χ1) is 13.0. The van der Waals surface area contributed by atoms with Crippen molar-refractivity contribution in [2.24, 2.45) is 4.99 Å². The van der Waals surface area contributed by atoms with Gasteiger partial charge in [0, 0.05) is 6.54 Å². The maximum Gasteiger partial charge on any atom is 0.387 e. The minimum atomic E-state index is -2.91. The van der Waals surface area contributed by atoms with Gasteiger partial charge in [0.15, 0.2) is 17.5 Å². The SMILES string of the molecule is CCNC(=NCc1ccc(OC)c(OC(F)F)c1)NC(C)c1ccccc1. The lowest BCUT2D eigenvalue weighted by atomic mass is 10.1. The van der Waals surface area contributed by atoms with Gasteiger partial charge in [-0.1, -0.05) is 36.4 Å². The van der Waals surface area contributed by atoms with Crippen LogP contribution in [0.2, 0.25) is 0 Å². The van der Waals surface area contributed by atoms with Crippen LogP contribution in [-0.2, 0) is 6.54 Å². The third kappa shape index (κ3) is 6.44. The maximum absolute atomic E-state index is 12.6. The number of rotatable bonds is 8. The molecule has 1 unspecified atom stereocenters. The smallest absolute Gasteiger partial charge is 0.387 e. The largest absolute Gasteiger partial charge is 0.493 e. The Morgan fingerprint density at radius 3 is 2.48 bits per heavy atom. The molecule has 0 saturated heterocycles. The average molecular weight is 377 g/mol. The summed E-state index contributed by atoms with van der Waals surface area (Å²) in [7, 11) is 1.41. The highest BCUT2D eigenvalue weighted by Gasteiger charge is 2.12. The fourth-order valence-electron chi connectivity index (χ4n) is 2.53. The molecule has 0 spiro atoms. The molecule has 5 nitrogen and oxygen atoms in total. The molecule has 2 aromatic rings. The van der Waals surface area contributed by atoms with Gasteiger partial charge in [-0.3, -0.25) is 0 Å². The molecular formula is C20H25F2N3O2. The van der Waals surface area contributed by atoms with Gasteiger partial charge in [-0.2, -0.15) is 8.78 Å². The van der Waals surface area contributed by atoms with Crippen molar-refractivity contribution >= 4 is 5.96 Å².